The molecule has 2 aromatic rings. The molecule has 0 aliphatic rings. The van der Waals surface area contributed by atoms with Crippen molar-refractivity contribution in [3.8, 4) is 0 Å². The number of urea groups is 1. The summed E-state index contributed by atoms with van der Waals surface area (Å²) >= 11 is 4.49. The fourth-order valence-corrected chi connectivity index (χ4v) is 2.49. The normalized spacial score (nSPS) is 10.0. The molecule has 0 bridgehead atoms. The Labute approximate surface area is 121 Å². The topological polar surface area (TPSA) is 86.0 Å². The van der Waals surface area contributed by atoms with Crippen LogP contribution in [0.4, 0.5) is 21.2 Å². The predicted molar refractivity (Wildman–Crippen MR) is 80.4 cm³/mol. The van der Waals surface area contributed by atoms with Crippen LogP contribution in [-0.4, -0.2) is 17.5 Å². The highest BCUT2D eigenvalue weighted by atomic mass is 79.9. The first-order valence-electron chi connectivity index (χ1n) is 5.33. The number of benzene rings is 1. The van der Waals surface area contributed by atoms with Gasteiger partial charge in [0.25, 0.3) is 5.56 Å². The molecule has 0 saturated heterocycles. The Morgan fingerprint density at radius 1 is 1.42 bits per heavy atom. The van der Waals surface area contributed by atoms with Crippen LogP contribution in [0.2, 0.25) is 0 Å². The van der Waals surface area contributed by atoms with Gasteiger partial charge < -0.3 is 16.0 Å². The van der Waals surface area contributed by atoms with Crippen LogP contribution in [0.25, 0.3) is 0 Å². The van der Waals surface area contributed by atoms with Gasteiger partial charge in [-0.2, -0.15) is 0 Å². The predicted octanol–water partition coefficient (Wildman–Crippen LogP) is 2.69. The summed E-state index contributed by atoms with van der Waals surface area (Å²) in [7, 11) is 1.48. The first kappa shape index (κ1) is 13.6. The van der Waals surface area contributed by atoms with Crippen molar-refractivity contribution >= 4 is 49.9 Å². The molecule has 2 amide bonds. The summed E-state index contributed by atoms with van der Waals surface area (Å²) in [4.78, 5) is 22.9. The van der Waals surface area contributed by atoms with Gasteiger partial charge in [0.2, 0.25) is 0 Å². The monoisotopic (exact) mass is 342 g/mol. The van der Waals surface area contributed by atoms with E-state index >= 15 is 0 Å². The molecule has 19 heavy (non-hydrogen) atoms. The van der Waals surface area contributed by atoms with E-state index in [9.17, 15) is 9.59 Å². The fraction of sp³-hybridized carbons (Fsp3) is 0.0909. The maximum Gasteiger partial charge on any atom is 0.319 e. The van der Waals surface area contributed by atoms with Crippen LogP contribution in [0.3, 0.4) is 0 Å². The minimum atomic E-state index is -0.443. The van der Waals surface area contributed by atoms with Crippen LogP contribution >= 0.6 is 27.5 Å². The maximum atomic E-state index is 11.6. The largest absolute Gasteiger partial charge is 0.344 e. The van der Waals surface area contributed by atoms with Crippen LogP contribution < -0.4 is 21.5 Å². The average molecular weight is 343 g/mol. The van der Waals surface area contributed by atoms with Crippen molar-refractivity contribution in [3.05, 3.63) is 39.1 Å². The van der Waals surface area contributed by atoms with E-state index in [4.69, 9.17) is 0 Å². The Balaban J connectivity index is 2.26. The highest BCUT2D eigenvalue weighted by Gasteiger charge is 2.13. The smallest absolute Gasteiger partial charge is 0.319 e. The zero-order chi connectivity index (χ0) is 13.8. The Hall–Kier alpha value is -1.80. The third kappa shape index (κ3) is 3.36. The van der Waals surface area contributed by atoms with Crippen LogP contribution in [0.15, 0.2) is 33.5 Å². The van der Waals surface area contributed by atoms with Crippen molar-refractivity contribution in [3.63, 3.8) is 0 Å². The van der Waals surface area contributed by atoms with Crippen LogP contribution in [0.5, 0.6) is 0 Å². The quantitative estimate of drug-likeness (QED) is 0.691. The van der Waals surface area contributed by atoms with Crippen molar-refractivity contribution in [1.82, 2.24) is 9.69 Å². The first-order chi connectivity index (χ1) is 9.10. The number of carbonyl (C=O) groups excluding carboxylic acids is 1. The lowest BCUT2D eigenvalue weighted by molar-refractivity contribution is 0.254. The highest BCUT2D eigenvalue weighted by Crippen LogP contribution is 2.27. The molecular formula is C11H11BrN4O2S. The second-order valence-electron chi connectivity index (χ2n) is 3.58. The third-order valence-electron chi connectivity index (χ3n) is 2.25. The number of carbonyl (C=O) groups is 1. The van der Waals surface area contributed by atoms with E-state index in [1.54, 1.807) is 0 Å². The minimum Gasteiger partial charge on any atom is -0.344 e. The van der Waals surface area contributed by atoms with Gasteiger partial charge in [0.1, 0.15) is 10.7 Å². The lowest BCUT2D eigenvalue weighted by Gasteiger charge is -2.07. The van der Waals surface area contributed by atoms with Gasteiger partial charge in [-0.3, -0.25) is 9.17 Å². The summed E-state index contributed by atoms with van der Waals surface area (Å²) in [6, 6.07) is 7.05. The van der Waals surface area contributed by atoms with Gasteiger partial charge in [-0.05, 0) is 29.7 Å². The first-order valence-corrected chi connectivity index (χ1v) is 6.94. The zero-order valence-electron chi connectivity index (χ0n) is 9.91. The molecule has 0 unspecified atom stereocenters. The zero-order valence-corrected chi connectivity index (χ0v) is 12.3. The number of anilines is 3. The van der Waals surface area contributed by atoms with E-state index < -0.39 is 6.03 Å². The summed E-state index contributed by atoms with van der Waals surface area (Å²) in [5.41, 5.74) is 0.667. The lowest BCUT2D eigenvalue weighted by Crippen LogP contribution is -2.27. The number of hydrogen-bond acceptors (Lipinski definition) is 4. The highest BCUT2D eigenvalue weighted by molar-refractivity contribution is 9.10. The summed E-state index contributed by atoms with van der Waals surface area (Å²) in [6.07, 6.45) is 0. The second-order valence-corrected chi connectivity index (χ2v) is 5.31. The molecule has 6 nitrogen and oxygen atoms in total. The number of hydrogen-bond donors (Lipinski definition) is 4. The van der Waals surface area contributed by atoms with Crippen molar-refractivity contribution in [2.45, 2.75) is 0 Å². The summed E-state index contributed by atoms with van der Waals surface area (Å²) in [5, 5.41) is 8.51. The van der Waals surface area contributed by atoms with Gasteiger partial charge in [0.15, 0.2) is 0 Å². The second kappa shape index (κ2) is 5.89. The van der Waals surface area contributed by atoms with Gasteiger partial charge in [-0.1, -0.05) is 22.0 Å². The average Bonchev–Trinajstić information content (AvgIpc) is 2.71. The van der Waals surface area contributed by atoms with E-state index in [0.717, 1.165) is 21.7 Å². The van der Waals surface area contributed by atoms with E-state index in [1.165, 1.54) is 7.05 Å². The van der Waals surface area contributed by atoms with Gasteiger partial charge >= 0.3 is 6.03 Å². The fourth-order valence-electron chi connectivity index (χ4n) is 1.38. The number of nitrogens with one attached hydrogen (secondary N) is 4. The SMILES string of the molecule is CNC(=O)Nc1c(Nc2cccc(Br)c2)s[nH]c1=O. The Morgan fingerprint density at radius 3 is 2.89 bits per heavy atom. The maximum absolute atomic E-state index is 11.6. The lowest BCUT2D eigenvalue weighted by atomic mass is 10.3. The molecular weight excluding hydrogens is 332 g/mol. The molecule has 0 radical (unpaired) electrons. The molecule has 0 saturated carbocycles. The summed E-state index contributed by atoms with van der Waals surface area (Å²) < 4.78 is 3.49. The molecule has 2 rings (SSSR count). The Morgan fingerprint density at radius 2 is 2.21 bits per heavy atom. The van der Waals surface area contributed by atoms with Crippen LogP contribution in [0.1, 0.15) is 0 Å². The number of halogens is 1. The van der Waals surface area contributed by atoms with E-state index in [0.29, 0.717) is 5.00 Å². The van der Waals surface area contributed by atoms with Gasteiger partial charge in [-0.25, -0.2) is 4.79 Å². The molecule has 4 N–H and O–H groups in total. The number of H-pyrrole nitrogens is 1. The van der Waals surface area contributed by atoms with E-state index in [1.807, 2.05) is 24.3 Å². The van der Waals surface area contributed by atoms with E-state index in [2.05, 4.69) is 36.3 Å². The summed E-state index contributed by atoms with van der Waals surface area (Å²) in [5.74, 6) is 0. The molecule has 8 heteroatoms. The van der Waals surface area contributed by atoms with Gasteiger partial charge in [0, 0.05) is 17.2 Å². The van der Waals surface area contributed by atoms with Gasteiger partial charge in [0.05, 0.1) is 0 Å². The Bertz CT molecular complexity index is 652. The number of rotatable bonds is 3. The molecule has 0 aliphatic carbocycles. The van der Waals surface area contributed by atoms with Crippen molar-refractivity contribution in [1.29, 1.82) is 0 Å². The molecule has 1 heterocycles. The van der Waals surface area contributed by atoms with Crippen molar-refractivity contribution in [2.75, 3.05) is 17.7 Å². The number of amides is 2. The van der Waals surface area contributed by atoms with Crippen molar-refractivity contribution < 1.29 is 4.79 Å². The number of aromatic nitrogens is 1. The van der Waals surface area contributed by atoms with Gasteiger partial charge in [-0.15, -0.1) is 0 Å². The standard InChI is InChI=1S/C11H11BrN4O2S/c1-13-11(18)15-8-9(17)16-19-10(8)14-7-4-2-3-6(12)5-7/h2-5,14H,1H3,(H,16,17)(H2,13,15,18). The third-order valence-corrected chi connectivity index (χ3v) is 3.54. The molecule has 0 atom stereocenters. The molecule has 0 spiro atoms. The van der Waals surface area contributed by atoms with E-state index in [-0.39, 0.29) is 11.2 Å². The Kier molecular flexibility index (Phi) is 4.23. The molecule has 0 aliphatic heterocycles. The molecule has 100 valence electrons. The molecule has 1 aromatic heterocycles. The van der Waals surface area contributed by atoms with Crippen molar-refractivity contribution in [2.24, 2.45) is 0 Å². The molecule has 1 aromatic carbocycles. The molecule has 0 fully saturated rings. The summed E-state index contributed by atoms with van der Waals surface area (Å²) in [6.45, 7) is 0. The minimum absolute atomic E-state index is 0.198. The van der Waals surface area contributed by atoms with Crippen LogP contribution in [-0.2, 0) is 0 Å². The number of aromatic amines is 1. The van der Waals surface area contributed by atoms with Crippen LogP contribution in [0, 0.1) is 0 Å².